The Kier molecular flexibility index (Phi) is 8.37. The van der Waals surface area contributed by atoms with Crippen LogP contribution in [0.3, 0.4) is 0 Å². The van der Waals surface area contributed by atoms with Crippen LogP contribution in [0.5, 0.6) is 0 Å². The van der Waals surface area contributed by atoms with Gasteiger partial charge in [-0.15, -0.1) is 0 Å². The molecule has 0 aromatic heterocycles. The molecule has 32 heavy (non-hydrogen) atoms. The highest BCUT2D eigenvalue weighted by molar-refractivity contribution is 7.90. The molecule has 1 N–H and O–H groups in total. The summed E-state index contributed by atoms with van der Waals surface area (Å²) >= 11 is 0. The number of ether oxygens (including phenoxy) is 1. The summed E-state index contributed by atoms with van der Waals surface area (Å²) < 4.78 is 71.5. The second-order valence-electron chi connectivity index (χ2n) is 7.63. The molecule has 2 aromatic carbocycles. The number of sulfonamides is 2. The first kappa shape index (κ1) is 24.7. The fourth-order valence-electron chi connectivity index (χ4n) is 3.20. The maximum Gasteiger partial charge on any atom is 0.242 e. The highest BCUT2D eigenvalue weighted by Crippen LogP contribution is 2.15. The zero-order valence-electron chi connectivity index (χ0n) is 17.9. The van der Waals surface area contributed by atoms with Crippen molar-refractivity contribution in [1.82, 2.24) is 13.9 Å². The molecule has 0 spiro atoms. The van der Waals surface area contributed by atoms with Crippen LogP contribution in [0, 0.1) is 5.82 Å². The molecule has 1 fully saturated rings. The maximum absolute atomic E-state index is 13.0. The van der Waals surface area contributed by atoms with Gasteiger partial charge in [0.05, 0.1) is 23.9 Å². The molecular formula is C21H28FN3O5S2. The molecule has 0 atom stereocenters. The lowest BCUT2D eigenvalue weighted by Crippen LogP contribution is -2.35. The Labute approximate surface area is 189 Å². The Morgan fingerprint density at radius 2 is 1.56 bits per heavy atom. The van der Waals surface area contributed by atoms with Crippen LogP contribution in [0.1, 0.15) is 11.1 Å². The summed E-state index contributed by atoms with van der Waals surface area (Å²) in [6.45, 7) is 3.98. The van der Waals surface area contributed by atoms with E-state index in [9.17, 15) is 21.2 Å². The summed E-state index contributed by atoms with van der Waals surface area (Å²) in [4.78, 5) is 2.21. The number of hydrogen-bond acceptors (Lipinski definition) is 6. The van der Waals surface area contributed by atoms with Crippen LogP contribution in [0.2, 0.25) is 0 Å². The molecule has 1 aliphatic heterocycles. The van der Waals surface area contributed by atoms with Crippen molar-refractivity contribution in [1.29, 1.82) is 0 Å². The zero-order chi connectivity index (χ0) is 23.2. The topological polar surface area (TPSA) is 96.0 Å². The number of morpholine rings is 1. The molecule has 8 nitrogen and oxygen atoms in total. The van der Waals surface area contributed by atoms with E-state index in [1.54, 1.807) is 0 Å². The van der Waals surface area contributed by atoms with Gasteiger partial charge in [0, 0.05) is 39.8 Å². The lowest BCUT2D eigenvalue weighted by molar-refractivity contribution is 0.0342. The van der Waals surface area contributed by atoms with E-state index in [2.05, 4.69) is 9.62 Å². The fourth-order valence-corrected chi connectivity index (χ4v) is 5.53. The summed E-state index contributed by atoms with van der Waals surface area (Å²) in [5, 5.41) is 0. The van der Waals surface area contributed by atoms with Gasteiger partial charge in [0.2, 0.25) is 20.0 Å². The van der Waals surface area contributed by atoms with Crippen molar-refractivity contribution in [3.63, 3.8) is 0 Å². The average molecular weight is 486 g/mol. The number of rotatable bonds is 10. The van der Waals surface area contributed by atoms with Crippen LogP contribution in [-0.2, 0) is 37.9 Å². The first-order chi connectivity index (χ1) is 15.2. The van der Waals surface area contributed by atoms with Gasteiger partial charge in [0.25, 0.3) is 0 Å². The van der Waals surface area contributed by atoms with Crippen molar-refractivity contribution < 1.29 is 26.0 Å². The van der Waals surface area contributed by atoms with E-state index in [1.165, 1.54) is 7.05 Å². The summed E-state index contributed by atoms with van der Waals surface area (Å²) in [5.41, 5.74) is 1.96. The van der Waals surface area contributed by atoms with Gasteiger partial charge >= 0.3 is 0 Å². The Hall–Kier alpha value is -1.89. The normalized spacial score (nSPS) is 15.8. The van der Waals surface area contributed by atoms with Gasteiger partial charge in [-0.1, -0.05) is 24.3 Å². The SMILES string of the molecule is CN(CCS(=O)(=O)NCc1ccc(CN2CCOCC2)cc1)S(=O)(=O)c1ccc(F)cc1. The third-order valence-electron chi connectivity index (χ3n) is 5.23. The van der Waals surface area contributed by atoms with E-state index in [-0.39, 0.29) is 23.7 Å². The van der Waals surface area contributed by atoms with Gasteiger partial charge < -0.3 is 4.74 Å². The van der Waals surface area contributed by atoms with E-state index in [1.807, 2.05) is 24.3 Å². The minimum Gasteiger partial charge on any atom is -0.379 e. The van der Waals surface area contributed by atoms with E-state index >= 15 is 0 Å². The average Bonchev–Trinajstić information content (AvgIpc) is 2.78. The molecule has 0 unspecified atom stereocenters. The summed E-state index contributed by atoms with van der Waals surface area (Å²) in [7, 11) is -6.30. The number of hydrogen-bond donors (Lipinski definition) is 1. The molecule has 0 amide bonds. The van der Waals surface area contributed by atoms with Crippen molar-refractivity contribution in [3.8, 4) is 0 Å². The zero-order valence-corrected chi connectivity index (χ0v) is 19.5. The van der Waals surface area contributed by atoms with E-state index in [0.29, 0.717) is 0 Å². The lowest BCUT2D eigenvalue weighted by Gasteiger charge is -2.26. The Bertz CT molecular complexity index is 1090. The molecule has 2 aromatic rings. The van der Waals surface area contributed by atoms with Gasteiger partial charge in [-0.3, -0.25) is 4.90 Å². The summed E-state index contributed by atoms with van der Waals surface area (Å²) in [6, 6.07) is 12.1. The summed E-state index contributed by atoms with van der Waals surface area (Å²) in [6.07, 6.45) is 0. The second-order valence-corrected chi connectivity index (χ2v) is 11.6. The van der Waals surface area contributed by atoms with Crippen molar-refractivity contribution in [2.45, 2.75) is 18.0 Å². The third-order valence-corrected chi connectivity index (χ3v) is 8.40. The standard InChI is InChI=1S/C21H28FN3O5S2/c1-24(32(28,29)21-8-6-20(22)7-9-21)12-15-31(26,27)23-16-18-2-4-19(5-3-18)17-25-10-13-30-14-11-25/h2-9,23H,10-17H2,1H3. The second kappa shape index (κ2) is 10.8. The molecule has 11 heteroatoms. The Morgan fingerprint density at radius 3 is 2.19 bits per heavy atom. The van der Waals surface area contributed by atoms with Crippen LogP contribution in [0.25, 0.3) is 0 Å². The van der Waals surface area contributed by atoms with Crippen molar-refractivity contribution in [2.75, 3.05) is 45.6 Å². The Morgan fingerprint density at radius 1 is 0.969 bits per heavy atom. The lowest BCUT2D eigenvalue weighted by atomic mass is 10.1. The highest BCUT2D eigenvalue weighted by Gasteiger charge is 2.23. The quantitative estimate of drug-likeness (QED) is 0.547. The molecule has 1 aliphatic rings. The molecular weight excluding hydrogens is 457 g/mol. The smallest absolute Gasteiger partial charge is 0.242 e. The number of nitrogens with zero attached hydrogens (tertiary/aromatic N) is 2. The van der Waals surface area contributed by atoms with Crippen LogP contribution >= 0.6 is 0 Å². The minimum atomic E-state index is -3.90. The van der Waals surface area contributed by atoms with Gasteiger partial charge in [-0.05, 0) is 35.4 Å². The van der Waals surface area contributed by atoms with Crippen molar-refractivity contribution in [2.24, 2.45) is 0 Å². The third kappa shape index (κ3) is 7.06. The van der Waals surface area contributed by atoms with E-state index < -0.39 is 25.9 Å². The number of nitrogens with one attached hydrogen (secondary N) is 1. The van der Waals surface area contributed by atoms with Gasteiger partial charge in [-0.25, -0.2) is 25.9 Å². The van der Waals surface area contributed by atoms with E-state index in [0.717, 1.165) is 72.5 Å². The van der Waals surface area contributed by atoms with Crippen LogP contribution in [0.15, 0.2) is 53.4 Å². The monoisotopic (exact) mass is 485 g/mol. The van der Waals surface area contributed by atoms with Crippen LogP contribution in [0.4, 0.5) is 4.39 Å². The van der Waals surface area contributed by atoms with Crippen molar-refractivity contribution >= 4 is 20.0 Å². The molecule has 0 radical (unpaired) electrons. The molecule has 1 heterocycles. The van der Waals surface area contributed by atoms with Gasteiger partial charge in [-0.2, -0.15) is 4.31 Å². The molecule has 176 valence electrons. The first-order valence-electron chi connectivity index (χ1n) is 10.2. The molecule has 0 aliphatic carbocycles. The molecule has 1 saturated heterocycles. The maximum atomic E-state index is 13.0. The van der Waals surface area contributed by atoms with Gasteiger partial charge in [0.1, 0.15) is 5.82 Å². The predicted octanol–water partition coefficient (Wildman–Crippen LogP) is 1.40. The van der Waals surface area contributed by atoms with Crippen LogP contribution < -0.4 is 4.72 Å². The molecule has 3 rings (SSSR count). The first-order valence-corrected chi connectivity index (χ1v) is 13.3. The van der Waals surface area contributed by atoms with Gasteiger partial charge in [0.15, 0.2) is 0 Å². The van der Waals surface area contributed by atoms with E-state index in [4.69, 9.17) is 4.74 Å². The predicted molar refractivity (Wildman–Crippen MR) is 119 cm³/mol. The van der Waals surface area contributed by atoms with Crippen LogP contribution in [-0.4, -0.2) is 71.7 Å². The Balaban J connectivity index is 1.49. The fraction of sp³-hybridized carbons (Fsp3) is 0.429. The largest absolute Gasteiger partial charge is 0.379 e. The highest BCUT2D eigenvalue weighted by atomic mass is 32.2. The molecule has 0 bridgehead atoms. The summed E-state index contributed by atoms with van der Waals surface area (Å²) in [5.74, 6) is -0.938. The molecule has 0 saturated carbocycles. The minimum absolute atomic E-state index is 0.0936. The number of benzene rings is 2. The number of halogens is 1. The van der Waals surface area contributed by atoms with Crippen molar-refractivity contribution in [3.05, 3.63) is 65.5 Å².